The minimum Gasteiger partial charge on any atom is -0.352 e. The number of hydrogen-bond acceptors (Lipinski definition) is 7. The van der Waals surface area contributed by atoms with Gasteiger partial charge < -0.3 is 9.80 Å². The van der Waals surface area contributed by atoms with Gasteiger partial charge in [0.25, 0.3) is 0 Å². The molecule has 0 saturated carbocycles. The summed E-state index contributed by atoms with van der Waals surface area (Å²) in [5.74, 6) is 0.912. The highest BCUT2D eigenvalue weighted by molar-refractivity contribution is 7.13. The predicted molar refractivity (Wildman–Crippen MR) is 74.0 cm³/mol. The maximum absolute atomic E-state index is 10.6. The van der Waals surface area contributed by atoms with Crippen molar-refractivity contribution in [2.75, 3.05) is 36.0 Å². The highest BCUT2D eigenvalue weighted by atomic mass is 32.1. The van der Waals surface area contributed by atoms with Gasteiger partial charge in [-0.25, -0.2) is 9.97 Å². The van der Waals surface area contributed by atoms with Gasteiger partial charge in [-0.3, -0.25) is 9.78 Å². The van der Waals surface area contributed by atoms with Gasteiger partial charge in [-0.2, -0.15) is 0 Å². The van der Waals surface area contributed by atoms with Crippen LogP contribution in [0.2, 0.25) is 0 Å². The van der Waals surface area contributed by atoms with Crippen LogP contribution in [0, 0.1) is 0 Å². The smallest absolute Gasteiger partial charge is 0.186 e. The molecule has 19 heavy (non-hydrogen) atoms. The van der Waals surface area contributed by atoms with E-state index in [0.717, 1.165) is 43.4 Å². The molecule has 6 nitrogen and oxygen atoms in total. The number of aldehydes is 1. The molecule has 2 aromatic rings. The Hall–Kier alpha value is -2.02. The Morgan fingerprint density at radius 2 is 1.95 bits per heavy atom. The summed E-state index contributed by atoms with van der Waals surface area (Å²) in [6, 6.07) is 0. The average molecular weight is 275 g/mol. The van der Waals surface area contributed by atoms with Crippen molar-refractivity contribution in [3.05, 3.63) is 29.7 Å². The van der Waals surface area contributed by atoms with Crippen LogP contribution in [0.4, 0.5) is 10.9 Å². The molecule has 0 unspecified atom stereocenters. The monoisotopic (exact) mass is 275 g/mol. The number of carbonyl (C=O) groups is 1. The van der Waals surface area contributed by atoms with E-state index in [-0.39, 0.29) is 0 Å². The Balaban J connectivity index is 1.65. The first kappa shape index (κ1) is 12.0. The Morgan fingerprint density at radius 3 is 2.58 bits per heavy atom. The summed E-state index contributed by atoms with van der Waals surface area (Å²) in [6.07, 6.45) is 5.95. The molecule has 0 radical (unpaired) electrons. The lowest BCUT2D eigenvalue weighted by Crippen LogP contribution is -2.46. The van der Waals surface area contributed by atoms with Crippen LogP contribution >= 0.6 is 11.3 Å². The van der Waals surface area contributed by atoms with Crippen molar-refractivity contribution in [1.29, 1.82) is 0 Å². The van der Waals surface area contributed by atoms with Gasteiger partial charge in [-0.15, -0.1) is 11.3 Å². The topological polar surface area (TPSA) is 62.2 Å². The largest absolute Gasteiger partial charge is 0.352 e. The van der Waals surface area contributed by atoms with Gasteiger partial charge in [-0.1, -0.05) is 0 Å². The first-order chi connectivity index (χ1) is 9.36. The van der Waals surface area contributed by atoms with Crippen LogP contribution in [0.25, 0.3) is 0 Å². The lowest BCUT2D eigenvalue weighted by molar-refractivity contribution is 0.111. The number of nitrogens with zero attached hydrogens (tertiary/aromatic N) is 5. The quantitative estimate of drug-likeness (QED) is 0.781. The normalized spacial score (nSPS) is 15.6. The second kappa shape index (κ2) is 5.31. The molecule has 0 atom stereocenters. The van der Waals surface area contributed by atoms with Crippen molar-refractivity contribution in [1.82, 2.24) is 15.0 Å². The van der Waals surface area contributed by atoms with E-state index in [1.54, 1.807) is 24.0 Å². The Labute approximate surface area is 114 Å². The predicted octanol–water partition coefficient (Wildman–Crippen LogP) is 1.07. The molecule has 0 bridgehead atoms. The molecule has 0 amide bonds. The fourth-order valence-electron chi connectivity index (χ4n) is 2.06. The standard InChI is InChI=1S/C12H13N5OS/c18-8-10-9-19-12(15-10)17-5-3-16(4-6-17)11-7-13-1-2-14-11/h1-2,7-9H,3-6H2. The van der Waals surface area contributed by atoms with Gasteiger partial charge in [0, 0.05) is 44.0 Å². The molecule has 3 heterocycles. The van der Waals surface area contributed by atoms with Gasteiger partial charge >= 0.3 is 0 Å². The summed E-state index contributed by atoms with van der Waals surface area (Å²) in [5.41, 5.74) is 0.511. The second-order valence-corrected chi connectivity index (χ2v) is 5.05. The molecule has 1 aliphatic heterocycles. The number of aromatic nitrogens is 3. The molecule has 0 N–H and O–H groups in total. The zero-order valence-electron chi connectivity index (χ0n) is 10.3. The maximum atomic E-state index is 10.6. The number of carbonyl (C=O) groups excluding carboxylic acids is 1. The molecule has 1 aliphatic rings. The molecule has 0 spiro atoms. The number of rotatable bonds is 3. The van der Waals surface area contributed by atoms with Crippen LogP contribution in [0.1, 0.15) is 10.5 Å². The van der Waals surface area contributed by atoms with Crippen LogP contribution in [0.3, 0.4) is 0 Å². The van der Waals surface area contributed by atoms with E-state index in [1.807, 2.05) is 0 Å². The maximum Gasteiger partial charge on any atom is 0.186 e. The fraction of sp³-hybridized carbons (Fsp3) is 0.333. The third kappa shape index (κ3) is 2.55. The van der Waals surface area contributed by atoms with Crippen molar-refractivity contribution >= 4 is 28.6 Å². The number of anilines is 2. The summed E-state index contributed by atoms with van der Waals surface area (Å²) in [6.45, 7) is 3.52. The van der Waals surface area contributed by atoms with Crippen LogP contribution in [0.15, 0.2) is 24.0 Å². The zero-order valence-corrected chi connectivity index (χ0v) is 11.1. The van der Waals surface area contributed by atoms with Crippen molar-refractivity contribution in [3.8, 4) is 0 Å². The van der Waals surface area contributed by atoms with Crippen molar-refractivity contribution in [3.63, 3.8) is 0 Å². The minimum absolute atomic E-state index is 0.511. The molecular weight excluding hydrogens is 262 g/mol. The van der Waals surface area contributed by atoms with E-state index in [4.69, 9.17) is 0 Å². The lowest BCUT2D eigenvalue weighted by Gasteiger charge is -2.34. The lowest BCUT2D eigenvalue weighted by atomic mass is 10.3. The molecule has 1 saturated heterocycles. The van der Waals surface area contributed by atoms with Crippen molar-refractivity contribution < 1.29 is 4.79 Å². The van der Waals surface area contributed by atoms with Crippen LogP contribution in [0.5, 0.6) is 0 Å². The van der Waals surface area contributed by atoms with Crippen LogP contribution in [-0.2, 0) is 0 Å². The van der Waals surface area contributed by atoms with E-state index in [0.29, 0.717) is 5.69 Å². The SMILES string of the molecule is O=Cc1csc(N2CCN(c3cnccn3)CC2)n1. The molecule has 0 aromatic carbocycles. The van der Waals surface area contributed by atoms with Crippen LogP contribution in [-0.4, -0.2) is 47.4 Å². The zero-order chi connectivity index (χ0) is 13.1. The van der Waals surface area contributed by atoms with E-state index < -0.39 is 0 Å². The van der Waals surface area contributed by atoms with E-state index in [9.17, 15) is 4.79 Å². The first-order valence-electron chi connectivity index (χ1n) is 6.03. The Morgan fingerprint density at radius 1 is 1.16 bits per heavy atom. The Kier molecular flexibility index (Phi) is 3.37. The van der Waals surface area contributed by atoms with Gasteiger partial charge in [0.05, 0.1) is 6.20 Å². The van der Waals surface area contributed by atoms with E-state index >= 15 is 0 Å². The number of thiazole rings is 1. The minimum atomic E-state index is 0.511. The van der Waals surface area contributed by atoms with Crippen molar-refractivity contribution in [2.45, 2.75) is 0 Å². The van der Waals surface area contributed by atoms with Gasteiger partial charge in [-0.05, 0) is 0 Å². The summed E-state index contributed by atoms with van der Waals surface area (Å²) in [4.78, 5) is 27.7. The van der Waals surface area contributed by atoms with E-state index in [1.165, 1.54) is 11.3 Å². The molecule has 7 heteroatoms. The molecular formula is C12H13N5OS. The van der Waals surface area contributed by atoms with E-state index in [2.05, 4.69) is 24.8 Å². The summed E-state index contributed by atoms with van der Waals surface area (Å²) < 4.78 is 0. The van der Waals surface area contributed by atoms with Gasteiger partial charge in [0.2, 0.25) is 0 Å². The summed E-state index contributed by atoms with van der Waals surface area (Å²) in [7, 11) is 0. The highest BCUT2D eigenvalue weighted by Gasteiger charge is 2.20. The first-order valence-corrected chi connectivity index (χ1v) is 6.91. The average Bonchev–Trinajstić information content (AvgIpc) is 2.97. The molecule has 1 fully saturated rings. The summed E-state index contributed by atoms with van der Waals surface area (Å²) >= 11 is 1.51. The Bertz CT molecular complexity index is 550. The fourth-order valence-corrected chi connectivity index (χ4v) is 2.88. The van der Waals surface area contributed by atoms with Crippen LogP contribution < -0.4 is 9.80 Å². The number of hydrogen-bond donors (Lipinski definition) is 0. The third-order valence-electron chi connectivity index (χ3n) is 3.05. The second-order valence-electron chi connectivity index (χ2n) is 4.21. The van der Waals surface area contributed by atoms with Gasteiger partial charge in [0.15, 0.2) is 11.4 Å². The van der Waals surface area contributed by atoms with Crippen molar-refractivity contribution in [2.24, 2.45) is 0 Å². The highest BCUT2D eigenvalue weighted by Crippen LogP contribution is 2.22. The molecule has 3 rings (SSSR count). The third-order valence-corrected chi connectivity index (χ3v) is 3.97. The van der Waals surface area contributed by atoms with Gasteiger partial charge in [0.1, 0.15) is 11.5 Å². The molecule has 98 valence electrons. The number of piperazine rings is 1. The molecule has 0 aliphatic carbocycles. The summed E-state index contributed by atoms with van der Waals surface area (Å²) in [5, 5.41) is 2.71. The molecule has 2 aromatic heterocycles.